The van der Waals surface area contributed by atoms with Crippen LogP contribution in [0.1, 0.15) is 60.8 Å². The molecule has 0 radical (unpaired) electrons. The Hall–Kier alpha value is -1.82. The highest BCUT2D eigenvalue weighted by atomic mass is 32.1. The molecule has 0 aromatic carbocycles. The fourth-order valence-corrected chi connectivity index (χ4v) is 4.18. The molecule has 2 heterocycles. The van der Waals surface area contributed by atoms with Crippen molar-refractivity contribution in [3.63, 3.8) is 0 Å². The number of carbonyl (C=O) groups excluding carboxylic acids is 1. The topological polar surface area (TPSA) is 67.8 Å². The molecule has 1 aliphatic rings. The number of aryl methyl sites for hydroxylation is 1. The molecule has 1 saturated carbocycles. The Labute approximate surface area is 147 Å². The zero-order valence-corrected chi connectivity index (χ0v) is 14.9. The Morgan fingerprint density at radius 3 is 2.58 bits per heavy atom. The molecule has 1 fully saturated rings. The van der Waals surface area contributed by atoms with Gasteiger partial charge in [0.2, 0.25) is 0 Å². The van der Waals surface area contributed by atoms with Crippen molar-refractivity contribution < 1.29 is 4.79 Å². The van der Waals surface area contributed by atoms with Crippen molar-refractivity contribution in [2.24, 2.45) is 5.92 Å². The summed E-state index contributed by atoms with van der Waals surface area (Å²) in [5.74, 6) is 1.20. The van der Waals surface area contributed by atoms with Crippen LogP contribution in [0.2, 0.25) is 0 Å². The molecule has 0 unspecified atom stereocenters. The average Bonchev–Trinajstić information content (AvgIpc) is 2.89. The molecule has 0 saturated heterocycles. The zero-order chi connectivity index (χ0) is 16.8. The van der Waals surface area contributed by atoms with Crippen LogP contribution < -0.4 is 5.32 Å². The van der Waals surface area contributed by atoms with Gasteiger partial charge in [0.15, 0.2) is 10.8 Å². The average molecular weight is 344 g/mol. The molecule has 2 aromatic rings. The van der Waals surface area contributed by atoms with Crippen LogP contribution in [-0.4, -0.2) is 27.4 Å². The maximum absolute atomic E-state index is 12.6. The lowest BCUT2D eigenvalue weighted by atomic mass is 10.0. The van der Waals surface area contributed by atoms with Crippen molar-refractivity contribution in [1.82, 2.24) is 20.3 Å². The lowest BCUT2D eigenvalue weighted by Crippen LogP contribution is -2.29. The Morgan fingerprint density at radius 1 is 1.21 bits per heavy atom. The summed E-state index contributed by atoms with van der Waals surface area (Å²) in [6.45, 7) is 2.80. The van der Waals surface area contributed by atoms with E-state index in [4.69, 9.17) is 0 Å². The summed E-state index contributed by atoms with van der Waals surface area (Å²) in [6, 6.07) is 1.78. The molecule has 6 heteroatoms. The highest BCUT2D eigenvalue weighted by Gasteiger charge is 2.20. The van der Waals surface area contributed by atoms with Crippen LogP contribution >= 0.6 is 11.3 Å². The van der Waals surface area contributed by atoms with Crippen LogP contribution in [0.25, 0.3) is 10.8 Å². The summed E-state index contributed by atoms with van der Waals surface area (Å²) in [7, 11) is 0. The lowest BCUT2D eigenvalue weighted by Gasteiger charge is -2.14. The Morgan fingerprint density at radius 2 is 1.92 bits per heavy atom. The number of hydrogen-bond donors (Lipinski definition) is 1. The van der Waals surface area contributed by atoms with Crippen LogP contribution in [0.3, 0.4) is 0 Å². The quantitative estimate of drug-likeness (QED) is 0.836. The van der Waals surface area contributed by atoms with Crippen molar-refractivity contribution in [2.45, 2.75) is 51.9 Å². The standard InChI is InChI=1S/C18H24N4OS/c1-2-14-15(24-18(22-14)16-19-10-7-11-20-16)17(23)21-12-13-8-5-3-4-6-9-13/h7,10-11,13H,2-6,8-9,12H2,1H3,(H,21,23). The molecule has 24 heavy (non-hydrogen) atoms. The van der Waals surface area contributed by atoms with Crippen molar-refractivity contribution in [1.29, 1.82) is 0 Å². The number of nitrogens with one attached hydrogen (secondary N) is 1. The third kappa shape index (κ3) is 4.17. The number of aromatic nitrogens is 3. The third-order valence-electron chi connectivity index (χ3n) is 4.52. The molecule has 5 nitrogen and oxygen atoms in total. The molecular weight excluding hydrogens is 320 g/mol. The number of thiazole rings is 1. The van der Waals surface area contributed by atoms with Gasteiger partial charge in [-0.3, -0.25) is 4.79 Å². The van der Waals surface area contributed by atoms with Gasteiger partial charge in [0.05, 0.1) is 5.69 Å². The number of nitrogens with zero attached hydrogens (tertiary/aromatic N) is 3. The van der Waals surface area contributed by atoms with E-state index in [1.807, 2.05) is 6.92 Å². The van der Waals surface area contributed by atoms with Gasteiger partial charge in [-0.15, -0.1) is 11.3 Å². The van der Waals surface area contributed by atoms with Crippen LogP contribution in [0.5, 0.6) is 0 Å². The lowest BCUT2D eigenvalue weighted by molar-refractivity contribution is 0.0948. The Bertz CT molecular complexity index is 663. The highest BCUT2D eigenvalue weighted by molar-refractivity contribution is 7.17. The Kier molecular flexibility index (Phi) is 5.91. The molecule has 1 aliphatic carbocycles. The fourth-order valence-electron chi connectivity index (χ4n) is 3.16. The van der Waals surface area contributed by atoms with E-state index in [2.05, 4.69) is 20.3 Å². The normalized spacial score (nSPS) is 15.9. The van der Waals surface area contributed by atoms with E-state index >= 15 is 0 Å². The first-order valence-electron chi connectivity index (χ1n) is 8.83. The first-order chi connectivity index (χ1) is 11.8. The second-order valence-corrected chi connectivity index (χ2v) is 7.29. The molecule has 0 atom stereocenters. The molecular formula is C18H24N4OS. The van der Waals surface area contributed by atoms with Crippen LogP contribution in [0.4, 0.5) is 0 Å². The number of rotatable bonds is 5. The van der Waals surface area contributed by atoms with Gasteiger partial charge in [-0.25, -0.2) is 15.0 Å². The van der Waals surface area contributed by atoms with E-state index in [1.54, 1.807) is 18.5 Å². The van der Waals surface area contributed by atoms with Crippen molar-refractivity contribution >= 4 is 17.2 Å². The van der Waals surface area contributed by atoms with E-state index in [9.17, 15) is 4.79 Å². The number of amides is 1. The van der Waals surface area contributed by atoms with Gasteiger partial charge in [-0.2, -0.15) is 0 Å². The van der Waals surface area contributed by atoms with E-state index in [-0.39, 0.29) is 5.91 Å². The fraction of sp³-hybridized carbons (Fsp3) is 0.556. The minimum Gasteiger partial charge on any atom is -0.351 e. The van der Waals surface area contributed by atoms with Gasteiger partial charge in [0.1, 0.15) is 4.88 Å². The maximum atomic E-state index is 12.6. The monoisotopic (exact) mass is 344 g/mol. The van der Waals surface area contributed by atoms with Gasteiger partial charge >= 0.3 is 0 Å². The first kappa shape index (κ1) is 17.0. The molecule has 1 amide bonds. The molecule has 3 rings (SSSR count). The summed E-state index contributed by atoms with van der Waals surface area (Å²) in [6.07, 6.45) is 11.8. The molecule has 1 N–H and O–H groups in total. The SMILES string of the molecule is CCc1nc(-c2ncccn2)sc1C(=O)NCC1CCCCCC1. The highest BCUT2D eigenvalue weighted by Crippen LogP contribution is 2.26. The molecule has 2 aromatic heterocycles. The van der Waals surface area contributed by atoms with Crippen LogP contribution in [0.15, 0.2) is 18.5 Å². The predicted molar refractivity (Wildman–Crippen MR) is 96.0 cm³/mol. The molecule has 128 valence electrons. The minimum atomic E-state index is -0.00391. The van der Waals surface area contributed by atoms with Crippen molar-refractivity contribution in [3.05, 3.63) is 29.0 Å². The van der Waals surface area contributed by atoms with Gasteiger partial charge in [0, 0.05) is 18.9 Å². The summed E-state index contributed by atoms with van der Waals surface area (Å²) < 4.78 is 0. The van der Waals surface area contributed by atoms with Crippen LogP contribution in [-0.2, 0) is 6.42 Å². The summed E-state index contributed by atoms with van der Waals surface area (Å²) in [4.78, 5) is 26.3. The second kappa shape index (κ2) is 8.33. The maximum Gasteiger partial charge on any atom is 0.263 e. The van der Waals surface area contributed by atoms with Crippen molar-refractivity contribution in [2.75, 3.05) is 6.54 Å². The summed E-state index contributed by atoms with van der Waals surface area (Å²) in [5.41, 5.74) is 0.834. The smallest absolute Gasteiger partial charge is 0.263 e. The number of hydrogen-bond acceptors (Lipinski definition) is 5. The van der Waals surface area contributed by atoms with E-state index < -0.39 is 0 Å². The summed E-state index contributed by atoms with van der Waals surface area (Å²) >= 11 is 1.39. The van der Waals surface area contributed by atoms with Gasteiger partial charge < -0.3 is 5.32 Å². The minimum absolute atomic E-state index is 0.00391. The Balaban J connectivity index is 1.68. The van der Waals surface area contributed by atoms with Gasteiger partial charge in [0.25, 0.3) is 5.91 Å². The van der Waals surface area contributed by atoms with Gasteiger partial charge in [-0.1, -0.05) is 32.6 Å². The van der Waals surface area contributed by atoms with Crippen LogP contribution in [0, 0.1) is 5.92 Å². The zero-order valence-electron chi connectivity index (χ0n) is 14.1. The first-order valence-corrected chi connectivity index (χ1v) is 9.65. The number of carbonyl (C=O) groups is 1. The van der Waals surface area contributed by atoms with Crippen molar-refractivity contribution in [3.8, 4) is 10.8 Å². The molecule has 0 spiro atoms. The molecule has 0 bridgehead atoms. The third-order valence-corrected chi connectivity index (χ3v) is 5.61. The van der Waals surface area contributed by atoms with E-state index in [0.29, 0.717) is 21.6 Å². The van der Waals surface area contributed by atoms with E-state index in [1.165, 1.54) is 49.9 Å². The predicted octanol–water partition coefficient (Wildman–Crippen LogP) is 3.86. The van der Waals surface area contributed by atoms with Gasteiger partial charge in [-0.05, 0) is 31.2 Å². The second-order valence-electron chi connectivity index (χ2n) is 6.29. The molecule has 0 aliphatic heterocycles. The van der Waals surface area contributed by atoms with E-state index in [0.717, 1.165) is 18.7 Å². The largest absolute Gasteiger partial charge is 0.351 e. The summed E-state index contributed by atoms with van der Waals surface area (Å²) in [5, 5.41) is 3.84.